The number of hydrogen-bond donors (Lipinski definition) is 2. The zero-order valence-corrected chi connectivity index (χ0v) is 12.9. The number of rotatable bonds is 6. The molecule has 108 valence electrons. The zero-order chi connectivity index (χ0) is 13.8. The minimum Gasteiger partial charge on any atom is -0.395 e. The summed E-state index contributed by atoms with van der Waals surface area (Å²) in [6.07, 6.45) is 3.88. The van der Waals surface area contributed by atoms with E-state index in [2.05, 4.69) is 11.6 Å². The van der Waals surface area contributed by atoms with Crippen LogP contribution in [-0.2, 0) is 10.2 Å². The molecule has 0 aromatic heterocycles. The van der Waals surface area contributed by atoms with Gasteiger partial charge in [-0.25, -0.2) is 0 Å². The van der Waals surface area contributed by atoms with E-state index in [4.69, 9.17) is 0 Å². The molecule has 3 unspecified atom stereocenters. The highest BCUT2D eigenvalue weighted by Gasteiger charge is 2.29. The Balaban J connectivity index is 2.63. The highest BCUT2D eigenvalue weighted by Crippen LogP contribution is 2.19. The molecule has 2 N–H and O–H groups in total. The standard InChI is InChI=1S/C11H24N2O3S2/c1-9-5-4-6-13(7-9)18(15,16)12-10(2)11(8-14)17-3/h9-12,14H,4-8H2,1-3H3. The molecule has 0 amide bonds. The average Bonchev–Trinajstić information content (AvgIpc) is 2.30. The van der Waals surface area contributed by atoms with Gasteiger partial charge in [0.05, 0.1) is 6.61 Å². The number of nitrogens with zero attached hydrogens (tertiary/aromatic N) is 1. The van der Waals surface area contributed by atoms with Crippen LogP contribution >= 0.6 is 11.8 Å². The van der Waals surface area contributed by atoms with Gasteiger partial charge >= 0.3 is 0 Å². The van der Waals surface area contributed by atoms with Gasteiger partial charge in [0.15, 0.2) is 0 Å². The predicted molar refractivity (Wildman–Crippen MR) is 75.9 cm³/mol. The van der Waals surface area contributed by atoms with Gasteiger partial charge in [-0.3, -0.25) is 0 Å². The molecule has 1 fully saturated rings. The van der Waals surface area contributed by atoms with Crippen molar-refractivity contribution in [3.63, 3.8) is 0 Å². The molecule has 0 aromatic carbocycles. The van der Waals surface area contributed by atoms with Crippen LogP contribution in [0.2, 0.25) is 0 Å². The van der Waals surface area contributed by atoms with Crippen molar-refractivity contribution in [3.8, 4) is 0 Å². The third kappa shape index (κ3) is 4.38. The second-order valence-corrected chi connectivity index (χ2v) is 7.75. The zero-order valence-electron chi connectivity index (χ0n) is 11.3. The maximum absolute atomic E-state index is 12.2. The van der Waals surface area contributed by atoms with Crippen LogP contribution in [0.1, 0.15) is 26.7 Å². The number of aliphatic hydroxyl groups excluding tert-OH is 1. The summed E-state index contributed by atoms with van der Waals surface area (Å²) in [5, 5.41) is 9.07. The Morgan fingerprint density at radius 3 is 2.72 bits per heavy atom. The molecule has 7 heteroatoms. The van der Waals surface area contributed by atoms with Crippen molar-refractivity contribution < 1.29 is 13.5 Å². The Bertz CT molecular complexity index is 344. The van der Waals surface area contributed by atoms with Crippen LogP contribution in [0.4, 0.5) is 0 Å². The van der Waals surface area contributed by atoms with Crippen molar-refractivity contribution in [2.45, 2.75) is 38.0 Å². The molecule has 3 atom stereocenters. The number of piperidine rings is 1. The topological polar surface area (TPSA) is 69.6 Å². The maximum Gasteiger partial charge on any atom is 0.279 e. The SMILES string of the molecule is CSC(CO)C(C)NS(=O)(=O)N1CCCC(C)C1. The van der Waals surface area contributed by atoms with E-state index in [9.17, 15) is 13.5 Å². The summed E-state index contributed by atoms with van der Waals surface area (Å²) in [6.45, 7) is 5.02. The van der Waals surface area contributed by atoms with E-state index >= 15 is 0 Å². The highest BCUT2D eigenvalue weighted by molar-refractivity contribution is 7.99. The molecule has 0 bridgehead atoms. The molecule has 1 rings (SSSR count). The Labute approximate surface area is 115 Å². The summed E-state index contributed by atoms with van der Waals surface area (Å²) < 4.78 is 28.6. The first-order valence-corrected chi connectivity index (χ1v) is 9.04. The molecule has 5 nitrogen and oxygen atoms in total. The molecule has 1 aliphatic rings. The first kappa shape index (κ1) is 16.2. The van der Waals surface area contributed by atoms with Gasteiger partial charge in [-0.2, -0.15) is 29.2 Å². The van der Waals surface area contributed by atoms with Crippen LogP contribution in [0.15, 0.2) is 0 Å². The van der Waals surface area contributed by atoms with Crippen LogP contribution in [0, 0.1) is 5.92 Å². The lowest BCUT2D eigenvalue weighted by Gasteiger charge is -2.32. The minimum absolute atomic E-state index is 0.0265. The largest absolute Gasteiger partial charge is 0.395 e. The number of thioether (sulfide) groups is 1. The van der Waals surface area contributed by atoms with Gasteiger partial charge in [-0.15, -0.1) is 0 Å². The molecule has 18 heavy (non-hydrogen) atoms. The molecule has 0 saturated carbocycles. The van der Waals surface area contributed by atoms with Crippen LogP contribution in [0.5, 0.6) is 0 Å². The van der Waals surface area contributed by atoms with E-state index in [0.29, 0.717) is 19.0 Å². The summed E-state index contributed by atoms with van der Waals surface area (Å²) in [7, 11) is -3.42. The highest BCUT2D eigenvalue weighted by atomic mass is 32.2. The number of hydrogen-bond acceptors (Lipinski definition) is 4. The molecule has 0 spiro atoms. The van der Waals surface area contributed by atoms with E-state index in [1.54, 1.807) is 6.92 Å². The fourth-order valence-corrected chi connectivity index (χ4v) is 4.50. The minimum atomic E-state index is -3.42. The Morgan fingerprint density at radius 2 is 2.22 bits per heavy atom. The second kappa shape index (κ2) is 7.09. The Morgan fingerprint density at radius 1 is 1.56 bits per heavy atom. The van der Waals surface area contributed by atoms with E-state index < -0.39 is 10.2 Å². The van der Waals surface area contributed by atoms with Crippen LogP contribution in [0.3, 0.4) is 0 Å². The van der Waals surface area contributed by atoms with Gasteiger partial charge < -0.3 is 5.11 Å². The smallest absolute Gasteiger partial charge is 0.279 e. The average molecular weight is 296 g/mol. The molecule has 1 heterocycles. The molecule has 0 aliphatic carbocycles. The van der Waals surface area contributed by atoms with Crippen LogP contribution in [-0.4, -0.2) is 55.1 Å². The quantitative estimate of drug-likeness (QED) is 0.756. The van der Waals surface area contributed by atoms with E-state index in [-0.39, 0.29) is 17.9 Å². The lowest BCUT2D eigenvalue weighted by Crippen LogP contribution is -2.50. The lowest BCUT2D eigenvalue weighted by atomic mass is 10.0. The lowest BCUT2D eigenvalue weighted by molar-refractivity contribution is 0.268. The van der Waals surface area contributed by atoms with Crippen molar-refractivity contribution in [2.24, 2.45) is 5.92 Å². The van der Waals surface area contributed by atoms with E-state index in [1.165, 1.54) is 16.1 Å². The van der Waals surface area contributed by atoms with Gasteiger partial charge in [0.25, 0.3) is 10.2 Å². The molecular formula is C11H24N2O3S2. The van der Waals surface area contributed by atoms with Gasteiger partial charge in [0.2, 0.25) is 0 Å². The Kier molecular flexibility index (Phi) is 6.40. The number of nitrogens with one attached hydrogen (secondary N) is 1. The molecule has 1 aliphatic heterocycles. The van der Waals surface area contributed by atoms with Crippen molar-refractivity contribution >= 4 is 22.0 Å². The molecule has 1 saturated heterocycles. The van der Waals surface area contributed by atoms with Crippen molar-refractivity contribution in [1.82, 2.24) is 9.03 Å². The molecular weight excluding hydrogens is 272 g/mol. The van der Waals surface area contributed by atoms with Crippen LogP contribution < -0.4 is 4.72 Å². The van der Waals surface area contributed by atoms with Gasteiger partial charge in [0.1, 0.15) is 0 Å². The van der Waals surface area contributed by atoms with E-state index in [1.807, 2.05) is 6.26 Å². The van der Waals surface area contributed by atoms with Gasteiger partial charge in [0, 0.05) is 24.4 Å². The van der Waals surface area contributed by atoms with Crippen molar-refractivity contribution in [3.05, 3.63) is 0 Å². The van der Waals surface area contributed by atoms with Crippen molar-refractivity contribution in [2.75, 3.05) is 26.0 Å². The normalized spacial score (nSPS) is 25.9. The van der Waals surface area contributed by atoms with Gasteiger partial charge in [-0.05, 0) is 31.9 Å². The summed E-state index contributed by atoms with van der Waals surface area (Å²) in [5.74, 6) is 0.417. The fraction of sp³-hybridized carbons (Fsp3) is 1.00. The monoisotopic (exact) mass is 296 g/mol. The molecule has 0 radical (unpaired) electrons. The number of aliphatic hydroxyl groups is 1. The van der Waals surface area contributed by atoms with E-state index in [0.717, 1.165) is 12.8 Å². The summed E-state index contributed by atoms with van der Waals surface area (Å²) in [5.41, 5.74) is 0. The summed E-state index contributed by atoms with van der Waals surface area (Å²) in [6, 6.07) is -0.271. The van der Waals surface area contributed by atoms with Gasteiger partial charge in [-0.1, -0.05) is 6.92 Å². The third-order valence-electron chi connectivity index (χ3n) is 3.33. The first-order chi connectivity index (χ1) is 8.40. The fourth-order valence-electron chi connectivity index (χ4n) is 2.19. The summed E-state index contributed by atoms with van der Waals surface area (Å²) >= 11 is 1.47. The maximum atomic E-state index is 12.2. The Hall–Kier alpha value is 0.180. The predicted octanol–water partition coefficient (Wildman–Crippen LogP) is 0.665. The second-order valence-electron chi connectivity index (χ2n) is 4.97. The molecule has 0 aromatic rings. The van der Waals surface area contributed by atoms with Crippen LogP contribution in [0.25, 0.3) is 0 Å². The van der Waals surface area contributed by atoms with Crippen molar-refractivity contribution in [1.29, 1.82) is 0 Å². The first-order valence-electron chi connectivity index (χ1n) is 6.31. The third-order valence-corrected chi connectivity index (χ3v) is 6.18. The summed E-state index contributed by atoms with van der Waals surface area (Å²) in [4.78, 5) is 0.